The lowest BCUT2D eigenvalue weighted by atomic mass is 9.79. The van der Waals surface area contributed by atoms with Gasteiger partial charge in [0.25, 0.3) is 11.1 Å². The summed E-state index contributed by atoms with van der Waals surface area (Å²) in [6.07, 6.45) is 1.78. The molecule has 0 fully saturated rings. The van der Waals surface area contributed by atoms with E-state index in [1.807, 2.05) is 22.2 Å². The Morgan fingerprint density at radius 3 is 1.97 bits per heavy atom. The first-order valence-corrected chi connectivity index (χ1v) is 11.5. The molecular formula is C27H42N2O2. The van der Waals surface area contributed by atoms with Crippen LogP contribution in [0.3, 0.4) is 0 Å². The van der Waals surface area contributed by atoms with Gasteiger partial charge >= 0.3 is 0 Å². The zero-order valence-corrected chi connectivity index (χ0v) is 21.5. The van der Waals surface area contributed by atoms with Gasteiger partial charge in [-0.2, -0.15) is 0 Å². The van der Waals surface area contributed by atoms with Crippen molar-refractivity contribution in [3.8, 4) is 0 Å². The first-order chi connectivity index (χ1) is 14.1. The minimum absolute atomic E-state index is 0.0411. The van der Waals surface area contributed by atoms with E-state index >= 15 is 0 Å². The summed E-state index contributed by atoms with van der Waals surface area (Å²) < 4.78 is 3.78. The van der Waals surface area contributed by atoms with E-state index in [0.717, 1.165) is 29.8 Å². The van der Waals surface area contributed by atoms with Crippen molar-refractivity contribution >= 4 is 0 Å². The predicted molar refractivity (Wildman–Crippen MR) is 132 cm³/mol. The van der Waals surface area contributed by atoms with E-state index in [4.69, 9.17) is 0 Å². The molecule has 0 aliphatic carbocycles. The molecule has 0 N–H and O–H groups in total. The summed E-state index contributed by atoms with van der Waals surface area (Å²) in [6, 6.07) is 5.59. The number of aryl methyl sites for hydroxylation is 2. The van der Waals surface area contributed by atoms with Gasteiger partial charge < -0.3 is 9.13 Å². The van der Waals surface area contributed by atoms with Crippen molar-refractivity contribution < 1.29 is 0 Å². The summed E-state index contributed by atoms with van der Waals surface area (Å²) in [5.41, 5.74) is 5.76. The van der Waals surface area contributed by atoms with Gasteiger partial charge in [0.1, 0.15) is 0 Å². The highest BCUT2D eigenvalue weighted by Crippen LogP contribution is 2.35. The van der Waals surface area contributed by atoms with E-state index in [-0.39, 0.29) is 33.9 Å². The number of nitrogens with zero attached hydrogens (tertiary/aromatic N) is 2. The summed E-state index contributed by atoms with van der Waals surface area (Å²) in [5, 5.41) is 0. The Kier molecular flexibility index (Phi) is 7.14. The van der Waals surface area contributed by atoms with Gasteiger partial charge in [0.2, 0.25) is 0 Å². The molecule has 172 valence electrons. The van der Waals surface area contributed by atoms with E-state index in [1.54, 1.807) is 12.1 Å². The van der Waals surface area contributed by atoms with E-state index in [2.05, 4.69) is 69.2 Å². The molecule has 2 aromatic heterocycles. The first kappa shape index (κ1) is 25.2. The number of pyridine rings is 2. The van der Waals surface area contributed by atoms with Crippen molar-refractivity contribution in [1.82, 2.24) is 9.13 Å². The number of rotatable bonds is 5. The molecule has 0 aliphatic rings. The van der Waals surface area contributed by atoms with Gasteiger partial charge in [-0.1, -0.05) is 54.5 Å². The van der Waals surface area contributed by atoms with Gasteiger partial charge in [0.05, 0.1) is 0 Å². The maximum absolute atomic E-state index is 12.6. The maximum Gasteiger partial charge on any atom is 0.250 e. The van der Waals surface area contributed by atoms with Crippen LogP contribution in [0.4, 0.5) is 0 Å². The summed E-state index contributed by atoms with van der Waals surface area (Å²) in [7, 11) is 1.89. The average molecular weight is 427 g/mol. The number of hydrogen-bond acceptors (Lipinski definition) is 2. The third-order valence-electron chi connectivity index (χ3n) is 6.18. The van der Waals surface area contributed by atoms with Gasteiger partial charge in [0.15, 0.2) is 0 Å². The predicted octanol–water partition coefficient (Wildman–Crippen LogP) is 5.77. The lowest BCUT2D eigenvalue weighted by molar-refractivity contribution is 0.457. The minimum atomic E-state index is -0.129. The van der Waals surface area contributed by atoms with Crippen LogP contribution >= 0.6 is 0 Å². The van der Waals surface area contributed by atoms with E-state index < -0.39 is 0 Å². The lowest BCUT2D eigenvalue weighted by Gasteiger charge is -2.31. The molecule has 1 atom stereocenters. The van der Waals surface area contributed by atoms with Crippen LogP contribution in [0.1, 0.15) is 109 Å². The van der Waals surface area contributed by atoms with Crippen molar-refractivity contribution in [3.05, 3.63) is 67.0 Å². The molecule has 0 spiro atoms. The molecule has 31 heavy (non-hydrogen) atoms. The molecule has 0 amide bonds. The van der Waals surface area contributed by atoms with Gasteiger partial charge in [-0.3, -0.25) is 9.59 Å². The molecule has 0 saturated carbocycles. The van der Waals surface area contributed by atoms with Crippen LogP contribution in [0.5, 0.6) is 0 Å². The molecule has 0 aromatic carbocycles. The highest BCUT2D eigenvalue weighted by molar-refractivity contribution is 5.38. The van der Waals surface area contributed by atoms with E-state index in [0.29, 0.717) is 0 Å². The van der Waals surface area contributed by atoms with Crippen LogP contribution in [0.25, 0.3) is 0 Å². The van der Waals surface area contributed by atoms with Gasteiger partial charge in [-0.25, -0.2) is 0 Å². The zero-order valence-electron chi connectivity index (χ0n) is 21.5. The topological polar surface area (TPSA) is 44.0 Å². The quantitative estimate of drug-likeness (QED) is 0.609. The third-order valence-corrected chi connectivity index (χ3v) is 6.18. The molecule has 2 aromatic rings. The van der Waals surface area contributed by atoms with Gasteiger partial charge in [-0.05, 0) is 61.6 Å². The minimum Gasteiger partial charge on any atom is -0.315 e. The lowest BCUT2D eigenvalue weighted by Crippen LogP contribution is -2.32. The monoisotopic (exact) mass is 426 g/mol. The van der Waals surface area contributed by atoms with Crippen molar-refractivity contribution in [2.75, 3.05) is 0 Å². The van der Waals surface area contributed by atoms with Crippen molar-refractivity contribution in [3.63, 3.8) is 0 Å². The second-order valence-electron chi connectivity index (χ2n) is 11.4. The number of hydrogen-bond donors (Lipinski definition) is 0. The van der Waals surface area contributed by atoms with Crippen LogP contribution in [0, 0.1) is 6.92 Å². The SMILES string of the molecule is Cc1cc(=O)n(C)c(C(C)CCc2ccc(=O)n(C(C)C)c2C(C)(C)C)c1C(C)(C)C. The Balaban J connectivity index is 2.55. The fourth-order valence-electron chi connectivity index (χ4n) is 5.06. The summed E-state index contributed by atoms with van der Waals surface area (Å²) in [4.78, 5) is 25.2. The Bertz CT molecular complexity index is 1060. The number of aromatic nitrogens is 2. The smallest absolute Gasteiger partial charge is 0.250 e. The molecule has 4 nitrogen and oxygen atoms in total. The Hall–Kier alpha value is -2.10. The molecule has 0 saturated heterocycles. The largest absolute Gasteiger partial charge is 0.315 e. The molecule has 0 radical (unpaired) electrons. The van der Waals surface area contributed by atoms with E-state index in [9.17, 15) is 9.59 Å². The second-order valence-corrected chi connectivity index (χ2v) is 11.4. The van der Waals surface area contributed by atoms with Crippen LogP contribution in [-0.4, -0.2) is 9.13 Å². The van der Waals surface area contributed by atoms with Crippen molar-refractivity contribution in [2.24, 2.45) is 7.05 Å². The Labute approximate surface area is 188 Å². The molecular weight excluding hydrogens is 384 g/mol. The zero-order chi connectivity index (χ0) is 23.9. The highest BCUT2D eigenvalue weighted by Gasteiger charge is 2.28. The summed E-state index contributed by atoms with van der Waals surface area (Å²) in [6.45, 7) is 21.6. The molecule has 4 heteroatoms. The molecule has 0 aliphatic heterocycles. The Morgan fingerprint density at radius 2 is 1.48 bits per heavy atom. The molecule has 1 unspecified atom stereocenters. The van der Waals surface area contributed by atoms with Crippen LogP contribution in [0.15, 0.2) is 27.8 Å². The average Bonchev–Trinajstić information content (AvgIpc) is 2.60. The fraction of sp³-hybridized carbons (Fsp3) is 0.630. The molecule has 2 rings (SSSR count). The Morgan fingerprint density at radius 1 is 0.903 bits per heavy atom. The van der Waals surface area contributed by atoms with Gasteiger partial charge in [0, 0.05) is 42.0 Å². The third kappa shape index (κ3) is 5.22. The summed E-state index contributed by atoms with van der Waals surface area (Å²) in [5.74, 6) is 0.221. The standard InChI is InChI=1S/C27H42N2O2/c1-17(2)29-21(30)15-14-20(25(29)27(8,9)10)13-12-18(3)24-23(26(5,6)7)19(4)16-22(31)28(24)11/h14-18H,12-13H2,1-11H3. The van der Waals surface area contributed by atoms with Crippen LogP contribution in [0.2, 0.25) is 0 Å². The molecule has 2 heterocycles. The van der Waals surface area contributed by atoms with Crippen LogP contribution in [-0.2, 0) is 24.3 Å². The second kappa shape index (κ2) is 8.80. The molecule has 0 bridgehead atoms. The maximum atomic E-state index is 12.6. The van der Waals surface area contributed by atoms with Crippen molar-refractivity contribution in [1.29, 1.82) is 0 Å². The van der Waals surface area contributed by atoms with E-state index in [1.165, 1.54) is 11.1 Å². The summed E-state index contributed by atoms with van der Waals surface area (Å²) >= 11 is 0. The highest BCUT2D eigenvalue weighted by atomic mass is 16.1. The van der Waals surface area contributed by atoms with Crippen molar-refractivity contribution in [2.45, 2.75) is 105 Å². The van der Waals surface area contributed by atoms with Crippen LogP contribution < -0.4 is 11.1 Å². The first-order valence-electron chi connectivity index (χ1n) is 11.5. The fourth-order valence-corrected chi connectivity index (χ4v) is 5.06. The normalized spacial score (nSPS) is 13.7. The van der Waals surface area contributed by atoms with Gasteiger partial charge in [-0.15, -0.1) is 0 Å².